The van der Waals surface area contributed by atoms with Gasteiger partial charge in [0.15, 0.2) is 0 Å². The molecule has 3 aromatic rings. The Balaban J connectivity index is 1.40. The summed E-state index contributed by atoms with van der Waals surface area (Å²) in [5, 5.41) is 11.8. The summed E-state index contributed by atoms with van der Waals surface area (Å²) in [4.78, 5) is 13.9. The zero-order chi connectivity index (χ0) is 17.2. The number of amides is 1. The fourth-order valence-corrected chi connectivity index (χ4v) is 3.46. The van der Waals surface area contributed by atoms with E-state index in [0.29, 0.717) is 11.6 Å². The number of aromatic nitrogens is 2. The van der Waals surface area contributed by atoms with E-state index >= 15 is 0 Å². The molecule has 128 valence electrons. The third-order valence-corrected chi connectivity index (χ3v) is 4.80. The van der Waals surface area contributed by atoms with Crippen molar-refractivity contribution < 1.29 is 4.79 Å². The molecule has 0 unspecified atom stereocenters. The maximum absolute atomic E-state index is 11.6. The summed E-state index contributed by atoms with van der Waals surface area (Å²) in [6, 6.07) is 14.3. The molecule has 0 saturated carbocycles. The molecule has 1 saturated heterocycles. The Morgan fingerprint density at radius 2 is 2.20 bits per heavy atom. The Kier molecular flexibility index (Phi) is 4.11. The number of nitrogens with one attached hydrogen (secondary N) is 2. The molecule has 1 atom stereocenters. The van der Waals surface area contributed by atoms with Crippen LogP contribution in [0.2, 0.25) is 0 Å². The van der Waals surface area contributed by atoms with E-state index in [1.165, 1.54) is 5.56 Å². The first-order valence-electron chi connectivity index (χ1n) is 8.50. The molecule has 1 fully saturated rings. The van der Waals surface area contributed by atoms with Crippen LogP contribution < -0.4 is 16.0 Å². The lowest BCUT2D eigenvalue weighted by Crippen LogP contribution is -2.32. The number of carbonyl (C=O) groups excluding carboxylic acids is 1. The van der Waals surface area contributed by atoms with Gasteiger partial charge in [0.05, 0.1) is 17.3 Å². The maximum atomic E-state index is 11.6. The normalized spacial score (nSPS) is 17.3. The van der Waals surface area contributed by atoms with Crippen molar-refractivity contribution in [2.45, 2.75) is 19.0 Å². The highest BCUT2D eigenvalue weighted by molar-refractivity contribution is 5.98. The van der Waals surface area contributed by atoms with E-state index in [0.717, 1.165) is 42.6 Å². The molecule has 0 aliphatic carbocycles. The molecule has 2 heterocycles. The van der Waals surface area contributed by atoms with E-state index in [4.69, 9.17) is 5.73 Å². The van der Waals surface area contributed by atoms with Gasteiger partial charge in [0.2, 0.25) is 0 Å². The van der Waals surface area contributed by atoms with Crippen LogP contribution in [0, 0.1) is 0 Å². The summed E-state index contributed by atoms with van der Waals surface area (Å²) in [6.07, 6.45) is 2.87. The largest absolute Gasteiger partial charge is 0.369 e. The van der Waals surface area contributed by atoms with E-state index in [2.05, 4.69) is 38.6 Å². The molecule has 2 aromatic carbocycles. The zero-order valence-corrected chi connectivity index (χ0v) is 13.9. The van der Waals surface area contributed by atoms with Crippen molar-refractivity contribution in [3.8, 4) is 0 Å². The van der Waals surface area contributed by atoms with Crippen molar-refractivity contribution in [3.05, 3.63) is 59.8 Å². The molecular weight excluding hydrogens is 314 g/mol. The van der Waals surface area contributed by atoms with Crippen LogP contribution in [0.3, 0.4) is 0 Å². The minimum absolute atomic E-state index is 0.375. The molecule has 0 spiro atoms. The van der Waals surface area contributed by atoms with E-state index in [1.807, 2.05) is 24.4 Å². The van der Waals surface area contributed by atoms with Crippen molar-refractivity contribution in [1.82, 2.24) is 15.5 Å². The number of H-pyrrole nitrogens is 1. The third kappa shape index (κ3) is 3.21. The molecule has 1 aliphatic heterocycles. The van der Waals surface area contributed by atoms with E-state index in [1.54, 1.807) is 6.07 Å². The van der Waals surface area contributed by atoms with Gasteiger partial charge in [-0.05, 0) is 30.2 Å². The highest BCUT2D eigenvalue weighted by atomic mass is 16.1. The molecule has 0 radical (unpaired) electrons. The number of fused-ring (bicyclic) bond motifs is 1. The quantitative estimate of drug-likeness (QED) is 0.666. The molecule has 0 bridgehead atoms. The summed E-state index contributed by atoms with van der Waals surface area (Å²) >= 11 is 0. The number of carbonyl (C=O) groups is 1. The summed E-state index contributed by atoms with van der Waals surface area (Å²) in [6.45, 7) is 2.60. The Bertz CT molecular complexity index is 903. The van der Waals surface area contributed by atoms with Crippen LogP contribution in [0.5, 0.6) is 0 Å². The predicted octanol–water partition coefficient (Wildman–Crippen LogP) is 2.03. The van der Waals surface area contributed by atoms with Gasteiger partial charge < -0.3 is 16.0 Å². The monoisotopic (exact) mass is 335 g/mol. The minimum atomic E-state index is -0.375. The van der Waals surface area contributed by atoms with Crippen molar-refractivity contribution in [1.29, 1.82) is 0 Å². The lowest BCUT2D eigenvalue weighted by molar-refractivity contribution is 0.100. The van der Waals surface area contributed by atoms with E-state index in [-0.39, 0.29) is 5.91 Å². The number of anilines is 1. The summed E-state index contributed by atoms with van der Waals surface area (Å²) in [7, 11) is 0. The van der Waals surface area contributed by atoms with Gasteiger partial charge in [0.25, 0.3) is 5.91 Å². The number of aromatic amines is 1. The molecule has 1 aromatic heterocycles. The number of benzene rings is 2. The van der Waals surface area contributed by atoms with Crippen molar-refractivity contribution in [3.63, 3.8) is 0 Å². The Morgan fingerprint density at radius 3 is 3.08 bits per heavy atom. The van der Waals surface area contributed by atoms with Gasteiger partial charge in [-0.25, -0.2) is 0 Å². The summed E-state index contributed by atoms with van der Waals surface area (Å²) in [5.41, 5.74) is 9.31. The minimum Gasteiger partial charge on any atom is -0.369 e. The molecule has 4 rings (SSSR count). The van der Waals surface area contributed by atoms with Crippen LogP contribution in [-0.2, 0) is 6.54 Å². The Hall–Kier alpha value is -2.86. The number of hydrogen-bond donors (Lipinski definition) is 3. The fourth-order valence-electron chi connectivity index (χ4n) is 3.46. The number of nitrogens with two attached hydrogens (primary N) is 1. The van der Waals surface area contributed by atoms with Gasteiger partial charge >= 0.3 is 0 Å². The summed E-state index contributed by atoms with van der Waals surface area (Å²) < 4.78 is 0. The zero-order valence-electron chi connectivity index (χ0n) is 13.9. The fraction of sp³-hybridized carbons (Fsp3) is 0.263. The van der Waals surface area contributed by atoms with Crippen LogP contribution in [-0.4, -0.2) is 35.2 Å². The van der Waals surface area contributed by atoms with Crippen LogP contribution in [0.15, 0.2) is 48.7 Å². The number of rotatable bonds is 5. The van der Waals surface area contributed by atoms with Crippen molar-refractivity contribution >= 4 is 22.5 Å². The number of nitrogens with zero attached hydrogens (tertiary/aromatic N) is 2. The van der Waals surface area contributed by atoms with E-state index < -0.39 is 0 Å². The van der Waals surface area contributed by atoms with Crippen LogP contribution in [0.4, 0.5) is 5.69 Å². The number of hydrogen-bond acceptors (Lipinski definition) is 4. The molecule has 6 heteroatoms. The molecule has 25 heavy (non-hydrogen) atoms. The smallest absolute Gasteiger partial charge is 0.250 e. The molecule has 4 N–H and O–H groups in total. The van der Waals surface area contributed by atoms with Crippen molar-refractivity contribution in [2.24, 2.45) is 5.73 Å². The highest BCUT2D eigenvalue weighted by Gasteiger charge is 2.24. The van der Waals surface area contributed by atoms with Crippen molar-refractivity contribution in [2.75, 3.05) is 18.0 Å². The van der Waals surface area contributed by atoms with Gasteiger partial charge in [0.1, 0.15) is 0 Å². The van der Waals surface area contributed by atoms with Gasteiger partial charge in [-0.15, -0.1) is 0 Å². The lowest BCUT2D eigenvalue weighted by Gasteiger charge is -2.21. The Labute approximate surface area is 146 Å². The first-order chi connectivity index (χ1) is 12.2. The topological polar surface area (TPSA) is 87.0 Å². The summed E-state index contributed by atoms with van der Waals surface area (Å²) in [5.74, 6) is -0.375. The first kappa shape index (κ1) is 15.7. The van der Waals surface area contributed by atoms with Crippen LogP contribution in [0.1, 0.15) is 22.3 Å². The number of para-hydroxylation sites is 1. The predicted molar refractivity (Wildman–Crippen MR) is 98.5 cm³/mol. The molecule has 6 nitrogen and oxygen atoms in total. The third-order valence-electron chi connectivity index (χ3n) is 4.80. The number of primary amides is 1. The lowest BCUT2D eigenvalue weighted by atomic mass is 10.1. The molecular formula is C19H21N5O. The van der Waals surface area contributed by atoms with Crippen LogP contribution in [0.25, 0.3) is 10.9 Å². The second-order valence-electron chi connectivity index (χ2n) is 6.49. The van der Waals surface area contributed by atoms with Gasteiger partial charge in [-0.3, -0.25) is 9.89 Å². The van der Waals surface area contributed by atoms with Gasteiger partial charge in [0, 0.05) is 36.7 Å². The average Bonchev–Trinajstić information content (AvgIpc) is 3.28. The second kappa shape index (κ2) is 6.57. The molecule has 1 aliphatic rings. The first-order valence-corrected chi connectivity index (χ1v) is 8.50. The Morgan fingerprint density at radius 1 is 1.32 bits per heavy atom. The maximum Gasteiger partial charge on any atom is 0.250 e. The standard InChI is InChI=1S/C19H21N5O/c20-19(25)16-3-1-2-4-18(16)24-8-7-15(12-24)21-10-13-5-6-14-11-22-23-17(14)9-13/h1-6,9,11,15,21H,7-8,10,12H2,(H2,20,25)(H,22,23)/t15-/m0/s1. The second-order valence-corrected chi connectivity index (χ2v) is 6.49. The molecule has 1 amide bonds. The average molecular weight is 335 g/mol. The SMILES string of the molecule is NC(=O)c1ccccc1N1CC[C@H](NCc2ccc3cn[nH]c3c2)C1. The van der Waals surface area contributed by atoms with E-state index in [9.17, 15) is 4.79 Å². The van der Waals surface area contributed by atoms with Crippen LogP contribution >= 0.6 is 0 Å². The highest BCUT2D eigenvalue weighted by Crippen LogP contribution is 2.24. The van der Waals surface area contributed by atoms with Gasteiger partial charge in [-0.2, -0.15) is 5.10 Å². The van der Waals surface area contributed by atoms with Gasteiger partial charge in [-0.1, -0.05) is 24.3 Å².